The van der Waals surface area contributed by atoms with Crippen molar-refractivity contribution in [2.24, 2.45) is 7.05 Å². The Morgan fingerprint density at radius 1 is 1.25 bits per heavy atom. The number of likely N-dealkylation sites (N-methyl/N-ethyl adjacent to an activating group) is 1. The maximum absolute atomic E-state index is 13.3. The number of aromatic nitrogens is 3. The van der Waals surface area contributed by atoms with Gasteiger partial charge in [0.1, 0.15) is 10.7 Å². The zero-order valence-corrected chi connectivity index (χ0v) is 18.7. The lowest BCUT2D eigenvalue weighted by atomic mass is 10.2. The highest BCUT2D eigenvalue weighted by Gasteiger charge is 2.22. The third-order valence-electron chi connectivity index (χ3n) is 4.57. The topological polar surface area (TPSA) is 54.3 Å². The fourth-order valence-electron chi connectivity index (χ4n) is 2.95. The first kappa shape index (κ1) is 20.7. The van der Waals surface area contributed by atoms with E-state index in [0.717, 1.165) is 40.4 Å². The predicted octanol–water partition coefficient (Wildman–Crippen LogP) is 4.29. The smallest absolute Gasteiger partial charge is 0.277 e. The second-order valence-electron chi connectivity index (χ2n) is 6.40. The number of hydrogen-bond acceptors (Lipinski definition) is 5. The predicted molar refractivity (Wildman–Crippen MR) is 118 cm³/mol. The molecule has 0 atom stereocenters. The summed E-state index contributed by atoms with van der Waals surface area (Å²) < 4.78 is 2.68. The van der Waals surface area contributed by atoms with Gasteiger partial charge in [-0.05, 0) is 31.3 Å². The number of nitrogens with zero attached hydrogens (tertiary/aromatic N) is 5. The summed E-state index contributed by atoms with van der Waals surface area (Å²) in [7, 11) is 1.87. The molecule has 0 N–H and O–H groups in total. The van der Waals surface area contributed by atoms with Crippen molar-refractivity contribution in [1.29, 1.82) is 0 Å². The molecule has 6 nitrogen and oxygen atoms in total. The molecule has 3 rings (SSSR count). The molecule has 0 bridgehead atoms. The first-order chi connectivity index (χ1) is 13.5. The van der Waals surface area contributed by atoms with Crippen molar-refractivity contribution < 1.29 is 4.79 Å². The lowest BCUT2D eigenvalue weighted by molar-refractivity contribution is 0.0979. The highest BCUT2D eigenvalue weighted by Crippen LogP contribution is 2.26. The van der Waals surface area contributed by atoms with Gasteiger partial charge in [0.25, 0.3) is 5.91 Å². The van der Waals surface area contributed by atoms with Crippen LogP contribution >= 0.6 is 27.3 Å². The summed E-state index contributed by atoms with van der Waals surface area (Å²) in [5.74, 6) is -0.0864. The van der Waals surface area contributed by atoms with Gasteiger partial charge in [0.15, 0.2) is 0 Å². The molecule has 0 fully saturated rings. The van der Waals surface area contributed by atoms with E-state index in [-0.39, 0.29) is 5.91 Å². The van der Waals surface area contributed by atoms with E-state index in [2.05, 4.69) is 44.8 Å². The van der Waals surface area contributed by atoms with Gasteiger partial charge in [-0.2, -0.15) is 5.10 Å². The fourth-order valence-corrected chi connectivity index (χ4v) is 4.10. The first-order valence-electron chi connectivity index (χ1n) is 9.26. The van der Waals surface area contributed by atoms with Crippen LogP contribution in [0.3, 0.4) is 0 Å². The van der Waals surface area contributed by atoms with Crippen molar-refractivity contribution in [3.05, 3.63) is 52.2 Å². The van der Waals surface area contributed by atoms with E-state index >= 15 is 0 Å². The van der Waals surface area contributed by atoms with E-state index < -0.39 is 0 Å². The van der Waals surface area contributed by atoms with Crippen LogP contribution in [-0.4, -0.2) is 51.8 Å². The number of anilines is 1. The molecule has 0 saturated carbocycles. The Morgan fingerprint density at radius 3 is 2.68 bits per heavy atom. The zero-order chi connectivity index (χ0) is 20.1. The lowest BCUT2D eigenvalue weighted by Gasteiger charge is -2.26. The van der Waals surface area contributed by atoms with Gasteiger partial charge in [-0.25, -0.2) is 4.98 Å². The van der Waals surface area contributed by atoms with Crippen molar-refractivity contribution in [3.8, 4) is 10.6 Å². The maximum atomic E-state index is 13.3. The summed E-state index contributed by atoms with van der Waals surface area (Å²) in [6.07, 6.45) is 3.67. The summed E-state index contributed by atoms with van der Waals surface area (Å²) >= 11 is 4.97. The second kappa shape index (κ2) is 9.45. The Labute approximate surface area is 177 Å². The Kier molecular flexibility index (Phi) is 6.98. The summed E-state index contributed by atoms with van der Waals surface area (Å²) in [5.41, 5.74) is 2.24. The highest BCUT2D eigenvalue weighted by atomic mass is 79.9. The third-order valence-corrected chi connectivity index (χ3v) is 5.96. The van der Waals surface area contributed by atoms with Crippen LogP contribution in [0.4, 0.5) is 5.69 Å². The number of rotatable bonds is 8. The van der Waals surface area contributed by atoms with Gasteiger partial charge in [0.05, 0.1) is 6.20 Å². The number of benzene rings is 1. The monoisotopic (exact) mass is 461 g/mol. The van der Waals surface area contributed by atoms with Crippen molar-refractivity contribution >= 4 is 38.9 Å². The van der Waals surface area contributed by atoms with Crippen LogP contribution in [0, 0.1) is 0 Å². The molecule has 3 aromatic rings. The number of carbonyl (C=O) groups is 1. The molecule has 0 spiro atoms. The lowest BCUT2D eigenvalue weighted by Crippen LogP contribution is -2.39. The quantitative estimate of drug-likeness (QED) is 0.501. The van der Waals surface area contributed by atoms with Crippen LogP contribution in [0.5, 0.6) is 0 Å². The average molecular weight is 462 g/mol. The largest absolute Gasteiger partial charge is 0.306 e. The van der Waals surface area contributed by atoms with E-state index in [1.807, 2.05) is 47.8 Å². The van der Waals surface area contributed by atoms with E-state index in [0.29, 0.717) is 12.2 Å². The SMILES string of the molecule is CCN(CC)CCN(C(=O)c1csc(-c2cnn(C)c2)n1)c1cccc(Br)c1. The Morgan fingerprint density at radius 2 is 2.04 bits per heavy atom. The highest BCUT2D eigenvalue weighted by molar-refractivity contribution is 9.10. The molecule has 28 heavy (non-hydrogen) atoms. The maximum Gasteiger partial charge on any atom is 0.277 e. The van der Waals surface area contributed by atoms with E-state index in [1.165, 1.54) is 11.3 Å². The standard InChI is InChI=1S/C20H24BrN5OS/c1-4-25(5-2)9-10-26(17-8-6-7-16(21)11-17)20(27)18-14-28-19(23-18)15-12-22-24(3)13-15/h6-8,11-14H,4-5,9-10H2,1-3H3. The van der Waals surface area contributed by atoms with Crippen LogP contribution in [0.1, 0.15) is 24.3 Å². The van der Waals surface area contributed by atoms with Crippen LogP contribution in [0.2, 0.25) is 0 Å². The number of carbonyl (C=O) groups excluding carboxylic acids is 1. The van der Waals surface area contributed by atoms with Gasteiger partial charge in [0.2, 0.25) is 0 Å². The van der Waals surface area contributed by atoms with Gasteiger partial charge < -0.3 is 9.80 Å². The van der Waals surface area contributed by atoms with Crippen molar-refractivity contribution in [2.45, 2.75) is 13.8 Å². The molecule has 0 radical (unpaired) electrons. The molecule has 1 aromatic carbocycles. The van der Waals surface area contributed by atoms with Crippen LogP contribution in [-0.2, 0) is 7.05 Å². The minimum absolute atomic E-state index is 0.0864. The van der Waals surface area contributed by atoms with Gasteiger partial charge in [0, 0.05) is 47.4 Å². The fraction of sp³-hybridized carbons (Fsp3) is 0.350. The molecule has 0 aliphatic heterocycles. The minimum atomic E-state index is -0.0864. The van der Waals surface area contributed by atoms with Crippen molar-refractivity contribution in [1.82, 2.24) is 19.7 Å². The van der Waals surface area contributed by atoms with Crippen LogP contribution < -0.4 is 4.90 Å². The average Bonchev–Trinajstić information content (AvgIpc) is 3.34. The van der Waals surface area contributed by atoms with E-state index in [9.17, 15) is 4.79 Å². The van der Waals surface area contributed by atoms with Crippen LogP contribution in [0.25, 0.3) is 10.6 Å². The van der Waals surface area contributed by atoms with E-state index in [4.69, 9.17) is 0 Å². The number of thiazole rings is 1. The third kappa shape index (κ3) is 4.87. The molecule has 0 aliphatic rings. The van der Waals surface area contributed by atoms with Gasteiger partial charge in [-0.1, -0.05) is 35.8 Å². The number of halogens is 1. The Bertz CT molecular complexity index is 934. The second-order valence-corrected chi connectivity index (χ2v) is 8.18. The molecule has 2 aromatic heterocycles. The van der Waals surface area contributed by atoms with Crippen LogP contribution in [0.15, 0.2) is 46.5 Å². The molecule has 148 valence electrons. The number of hydrogen-bond donors (Lipinski definition) is 0. The molecule has 1 amide bonds. The summed E-state index contributed by atoms with van der Waals surface area (Å²) in [5, 5.41) is 6.81. The zero-order valence-electron chi connectivity index (χ0n) is 16.3. The van der Waals surface area contributed by atoms with E-state index in [1.54, 1.807) is 10.9 Å². The van der Waals surface area contributed by atoms with Crippen molar-refractivity contribution in [2.75, 3.05) is 31.1 Å². The molecule has 0 aliphatic carbocycles. The molecular formula is C20H24BrN5OS. The minimum Gasteiger partial charge on any atom is -0.306 e. The van der Waals surface area contributed by atoms with Gasteiger partial charge in [-0.15, -0.1) is 11.3 Å². The molecule has 0 unspecified atom stereocenters. The Balaban J connectivity index is 1.86. The molecule has 0 saturated heterocycles. The Hall–Kier alpha value is -2.03. The molecular weight excluding hydrogens is 438 g/mol. The summed E-state index contributed by atoms with van der Waals surface area (Å²) in [6.45, 7) is 7.60. The van der Waals surface area contributed by atoms with Gasteiger partial charge in [-0.3, -0.25) is 9.48 Å². The normalized spacial score (nSPS) is 11.2. The first-order valence-corrected chi connectivity index (χ1v) is 10.9. The molecule has 2 heterocycles. The molecule has 8 heteroatoms. The van der Waals surface area contributed by atoms with Crippen molar-refractivity contribution in [3.63, 3.8) is 0 Å². The van der Waals surface area contributed by atoms with Gasteiger partial charge >= 0.3 is 0 Å². The summed E-state index contributed by atoms with van der Waals surface area (Å²) in [4.78, 5) is 22.0. The summed E-state index contributed by atoms with van der Waals surface area (Å²) in [6, 6.07) is 7.83. The number of aryl methyl sites for hydroxylation is 1. The number of amides is 1.